The molecule has 0 fully saturated rings. The van der Waals surface area contributed by atoms with E-state index in [2.05, 4.69) is 4.98 Å². The highest BCUT2D eigenvalue weighted by atomic mass is 16.1. The lowest BCUT2D eigenvalue weighted by molar-refractivity contribution is -0.117. The maximum atomic E-state index is 10.3. The van der Waals surface area contributed by atoms with Crippen LogP contribution >= 0.6 is 0 Å². The molecule has 0 amide bonds. The van der Waals surface area contributed by atoms with E-state index in [0.29, 0.717) is 5.92 Å². The lowest BCUT2D eigenvalue weighted by atomic mass is 10.1. The van der Waals surface area contributed by atoms with Crippen LogP contribution in [0.4, 0.5) is 0 Å². The second-order valence-electron chi connectivity index (χ2n) is 3.32. The quantitative estimate of drug-likeness (QED) is 0.698. The highest BCUT2D eigenvalue weighted by Gasteiger charge is 1.95. The summed E-state index contributed by atoms with van der Waals surface area (Å²) in [7, 11) is 0. The number of Topliss-reactive ketones (excluding diaryl/α,β-unsaturated/α-hetero) is 1. The third kappa shape index (κ3) is 10.8. The van der Waals surface area contributed by atoms with Crippen LogP contribution in [0, 0.1) is 5.92 Å². The minimum Gasteiger partial charge on any atom is -0.300 e. The van der Waals surface area contributed by atoms with Crippen molar-refractivity contribution in [3.05, 3.63) is 30.6 Å². The van der Waals surface area contributed by atoms with Gasteiger partial charge in [-0.2, -0.15) is 0 Å². The summed E-state index contributed by atoms with van der Waals surface area (Å²) in [6, 6.07) is 5.72. The molecule has 0 unspecified atom stereocenters. The SMILES string of the molecule is CC(=O)CC(C)C.c1ccncc1. The largest absolute Gasteiger partial charge is 0.300 e. The molecule has 0 atom stereocenters. The van der Waals surface area contributed by atoms with Gasteiger partial charge in [0.25, 0.3) is 0 Å². The Balaban J connectivity index is 0.000000223. The molecule has 0 aliphatic carbocycles. The van der Waals surface area contributed by atoms with Crippen molar-refractivity contribution < 1.29 is 4.79 Å². The molecule has 1 heterocycles. The first-order valence-corrected chi connectivity index (χ1v) is 4.47. The van der Waals surface area contributed by atoms with E-state index < -0.39 is 0 Å². The Morgan fingerprint density at radius 1 is 1.23 bits per heavy atom. The van der Waals surface area contributed by atoms with Crippen LogP contribution in [0.3, 0.4) is 0 Å². The minimum absolute atomic E-state index is 0.287. The van der Waals surface area contributed by atoms with Gasteiger partial charge in [0.2, 0.25) is 0 Å². The Hall–Kier alpha value is -1.18. The molecule has 0 saturated heterocycles. The summed E-state index contributed by atoms with van der Waals surface area (Å²) in [6.45, 7) is 5.71. The van der Waals surface area contributed by atoms with Crippen LogP contribution in [0.15, 0.2) is 30.6 Å². The zero-order chi connectivity index (χ0) is 10.1. The topological polar surface area (TPSA) is 30.0 Å². The van der Waals surface area contributed by atoms with E-state index in [0.717, 1.165) is 6.42 Å². The van der Waals surface area contributed by atoms with Crippen LogP contribution in [0.5, 0.6) is 0 Å². The van der Waals surface area contributed by atoms with E-state index in [1.807, 2.05) is 32.0 Å². The van der Waals surface area contributed by atoms with Gasteiger partial charge in [-0.1, -0.05) is 19.9 Å². The summed E-state index contributed by atoms with van der Waals surface area (Å²) in [6.07, 6.45) is 4.22. The predicted octanol–water partition coefficient (Wildman–Crippen LogP) is 2.70. The zero-order valence-corrected chi connectivity index (χ0v) is 8.53. The average Bonchev–Trinajstić information content (AvgIpc) is 2.06. The highest BCUT2D eigenvalue weighted by Crippen LogP contribution is 1.97. The van der Waals surface area contributed by atoms with Crippen molar-refractivity contribution in [2.24, 2.45) is 5.92 Å². The third-order valence-corrected chi connectivity index (χ3v) is 1.26. The Morgan fingerprint density at radius 3 is 1.85 bits per heavy atom. The van der Waals surface area contributed by atoms with Gasteiger partial charge in [0.15, 0.2) is 0 Å². The van der Waals surface area contributed by atoms with Crippen molar-refractivity contribution in [3.8, 4) is 0 Å². The second kappa shape index (κ2) is 7.47. The van der Waals surface area contributed by atoms with Crippen molar-refractivity contribution in [3.63, 3.8) is 0 Å². The van der Waals surface area contributed by atoms with Gasteiger partial charge < -0.3 is 4.79 Å². The van der Waals surface area contributed by atoms with Crippen LogP contribution < -0.4 is 0 Å². The fraction of sp³-hybridized carbons (Fsp3) is 0.455. The van der Waals surface area contributed by atoms with Gasteiger partial charge in [0.1, 0.15) is 5.78 Å². The number of rotatable bonds is 2. The molecule has 0 N–H and O–H groups in total. The first-order valence-electron chi connectivity index (χ1n) is 4.47. The Labute approximate surface area is 80.0 Å². The number of carbonyl (C=O) groups is 1. The fourth-order valence-corrected chi connectivity index (χ4v) is 0.888. The Bertz CT molecular complexity index is 192. The van der Waals surface area contributed by atoms with E-state index in [-0.39, 0.29) is 5.78 Å². The lowest BCUT2D eigenvalue weighted by Crippen LogP contribution is -1.95. The van der Waals surface area contributed by atoms with Crippen molar-refractivity contribution in [1.29, 1.82) is 0 Å². The number of nitrogens with zero attached hydrogens (tertiary/aromatic N) is 1. The molecule has 0 aromatic carbocycles. The smallest absolute Gasteiger partial charge is 0.130 e. The Morgan fingerprint density at radius 2 is 1.77 bits per heavy atom. The number of aromatic nitrogens is 1. The Kier molecular flexibility index (Phi) is 6.79. The predicted molar refractivity (Wildman–Crippen MR) is 54.4 cm³/mol. The first-order chi connectivity index (χ1) is 6.13. The van der Waals surface area contributed by atoms with Gasteiger partial charge in [-0.15, -0.1) is 0 Å². The molecule has 13 heavy (non-hydrogen) atoms. The monoisotopic (exact) mass is 179 g/mol. The number of hydrogen-bond acceptors (Lipinski definition) is 2. The summed E-state index contributed by atoms with van der Waals surface area (Å²) in [5, 5.41) is 0. The summed E-state index contributed by atoms with van der Waals surface area (Å²) in [5.41, 5.74) is 0. The van der Waals surface area contributed by atoms with Crippen LogP contribution in [0.2, 0.25) is 0 Å². The standard InChI is InChI=1S/C6H12O.C5H5N/c1-5(2)4-6(3)7;1-2-4-6-5-3-1/h5H,4H2,1-3H3;1-5H. The number of hydrogen-bond donors (Lipinski definition) is 0. The van der Waals surface area contributed by atoms with E-state index in [9.17, 15) is 4.79 Å². The molecule has 0 saturated carbocycles. The van der Waals surface area contributed by atoms with Gasteiger partial charge in [0, 0.05) is 18.8 Å². The van der Waals surface area contributed by atoms with Crippen molar-refractivity contribution in [2.75, 3.05) is 0 Å². The van der Waals surface area contributed by atoms with Crippen LogP contribution in [0.25, 0.3) is 0 Å². The van der Waals surface area contributed by atoms with Gasteiger partial charge in [-0.3, -0.25) is 4.98 Å². The lowest BCUT2D eigenvalue weighted by Gasteiger charge is -1.95. The molecule has 2 nitrogen and oxygen atoms in total. The molecule has 1 aromatic rings. The second-order valence-corrected chi connectivity index (χ2v) is 3.32. The van der Waals surface area contributed by atoms with E-state index in [1.54, 1.807) is 19.3 Å². The number of ketones is 1. The van der Waals surface area contributed by atoms with Gasteiger partial charge in [-0.25, -0.2) is 0 Å². The zero-order valence-electron chi connectivity index (χ0n) is 8.53. The number of carbonyl (C=O) groups excluding carboxylic acids is 1. The van der Waals surface area contributed by atoms with Gasteiger partial charge >= 0.3 is 0 Å². The highest BCUT2D eigenvalue weighted by molar-refractivity contribution is 5.75. The fourth-order valence-electron chi connectivity index (χ4n) is 0.888. The minimum atomic E-state index is 0.287. The molecule has 0 radical (unpaired) electrons. The van der Waals surface area contributed by atoms with E-state index in [1.165, 1.54) is 0 Å². The van der Waals surface area contributed by atoms with Gasteiger partial charge in [-0.05, 0) is 25.0 Å². The van der Waals surface area contributed by atoms with Crippen molar-refractivity contribution in [2.45, 2.75) is 27.2 Å². The molecule has 72 valence electrons. The van der Waals surface area contributed by atoms with Crippen molar-refractivity contribution in [1.82, 2.24) is 4.98 Å². The molecule has 0 aliphatic rings. The molecular weight excluding hydrogens is 162 g/mol. The van der Waals surface area contributed by atoms with Crippen LogP contribution in [-0.2, 0) is 4.79 Å². The van der Waals surface area contributed by atoms with Crippen molar-refractivity contribution >= 4 is 5.78 Å². The summed E-state index contributed by atoms with van der Waals surface area (Å²) < 4.78 is 0. The third-order valence-electron chi connectivity index (χ3n) is 1.26. The summed E-state index contributed by atoms with van der Waals surface area (Å²) in [4.78, 5) is 14.0. The molecule has 0 spiro atoms. The summed E-state index contributed by atoms with van der Waals surface area (Å²) in [5.74, 6) is 0.813. The van der Waals surface area contributed by atoms with Crippen LogP contribution in [0.1, 0.15) is 27.2 Å². The maximum absolute atomic E-state index is 10.3. The van der Waals surface area contributed by atoms with E-state index >= 15 is 0 Å². The molecule has 2 heteroatoms. The van der Waals surface area contributed by atoms with Gasteiger partial charge in [0.05, 0.1) is 0 Å². The maximum Gasteiger partial charge on any atom is 0.130 e. The molecule has 1 rings (SSSR count). The van der Waals surface area contributed by atoms with Crippen LogP contribution in [-0.4, -0.2) is 10.8 Å². The van der Waals surface area contributed by atoms with E-state index in [4.69, 9.17) is 0 Å². The molecular formula is C11H17NO. The summed E-state index contributed by atoms with van der Waals surface area (Å²) >= 11 is 0. The molecule has 1 aromatic heterocycles. The average molecular weight is 179 g/mol. The normalized spacial score (nSPS) is 8.92. The number of pyridine rings is 1. The molecule has 0 aliphatic heterocycles. The first kappa shape index (κ1) is 11.8. The molecule has 0 bridgehead atoms.